The number of nitrogens with one attached hydrogen (secondary N) is 2. The Balaban J connectivity index is 2.06. The summed E-state index contributed by atoms with van der Waals surface area (Å²) in [6, 6.07) is 4.81. The number of hydrogen-bond acceptors (Lipinski definition) is 6. The van der Waals surface area contributed by atoms with Crippen molar-refractivity contribution in [3.63, 3.8) is 0 Å². The first-order valence-corrected chi connectivity index (χ1v) is 6.25. The first kappa shape index (κ1) is 14.3. The fourth-order valence-electron chi connectivity index (χ4n) is 1.51. The topological polar surface area (TPSA) is 72.2 Å². The number of halogens is 1. The van der Waals surface area contributed by atoms with Gasteiger partial charge >= 0.3 is 6.01 Å². The predicted octanol–water partition coefficient (Wildman–Crippen LogP) is 2.46. The Labute approximate surface area is 116 Å². The Morgan fingerprint density at radius 2 is 2.15 bits per heavy atom. The molecule has 0 aliphatic carbocycles. The number of benzene rings is 1. The molecule has 0 unspecified atom stereocenters. The second-order valence-corrected chi connectivity index (χ2v) is 4.51. The fraction of sp³-hybridized carbons (Fsp3) is 0.385. The summed E-state index contributed by atoms with van der Waals surface area (Å²) in [7, 11) is 1.51. The molecule has 0 spiro atoms. The lowest BCUT2D eigenvalue weighted by atomic mass is 10.3. The van der Waals surface area contributed by atoms with Gasteiger partial charge in [0.15, 0.2) is 0 Å². The lowest BCUT2D eigenvalue weighted by Crippen LogP contribution is -2.21. The van der Waals surface area contributed by atoms with E-state index >= 15 is 0 Å². The smallest absolute Gasteiger partial charge is 0.320 e. The van der Waals surface area contributed by atoms with Crippen LogP contribution in [0.1, 0.15) is 19.7 Å². The molecule has 0 aliphatic heterocycles. The summed E-state index contributed by atoms with van der Waals surface area (Å²) in [4.78, 5) is 0. The van der Waals surface area contributed by atoms with E-state index in [1.165, 1.54) is 25.3 Å². The van der Waals surface area contributed by atoms with Gasteiger partial charge in [-0.15, -0.1) is 5.10 Å². The summed E-state index contributed by atoms with van der Waals surface area (Å²) in [5.41, 5.74) is 0.219. The van der Waals surface area contributed by atoms with Crippen molar-refractivity contribution in [3.05, 3.63) is 29.9 Å². The van der Waals surface area contributed by atoms with Crippen molar-refractivity contribution in [2.75, 3.05) is 12.4 Å². The van der Waals surface area contributed by atoms with Crippen LogP contribution >= 0.6 is 0 Å². The molecule has 6 nitrogen and oxygen atoms in total. The molecule has 0 bridgehead atoms. The van der Waals surface area contributed by atoms with Crippen LogP contribution in [0.2, 0.25) is 0 Å². The lowest BCUT2D eigenvalue weighted by Gasteiger charge is -2.06. The van der Waals surface area contributed by atoms with E-state index in [9.17, 15) is 4.39 Å². The van der Waals surface area contributed by atoms with Gasteiger partial charge in [0, 0.05) is 12.1 Å². The van der Waals surface area contributed by atoms with E-state index in [0.717, 1.165) is 0 Å². The first-order chi connectivity index (χ1) is 9.58. The molecular formula is C13H17FN4O2. The van der Waals surface area contributed by atoms with Crippen molar-refractivity contribution in [2.24, 2.45) is 0 Å². The first-order valence-electron chi connectivity index (χ1n) is 6.25. The molecule has 0 saturated carbocycles. The largest absolute Gasteiger partial charge is 0.497 e. The van der Waals surface area contributed by atoms with Crippen LogP contribution in [0.4, 0.5) is 16.1 Å². The summed E-state index contributed by atoms with van der Waals surface area (Å²) in [5.74, 6) is 0.547. The van der Waals surface area contributed by atoms with E-state index in [-0.39, 0.29) is 11.7 Å². The summed E-state index contributed by atoms with van der Waals surface area (Å²) in [5, 5.41) is 13.6. The van der Waals surface area contributed by atoms with Crippen LogP contribution in [0.3, 0.4) is 0 Å². The predicted molar refractivity (Wildman–Crippen MR) is 72.5 cm³/mol. The number of anilines is 2. The number of aromatic nitrogens is 2. The number of hydrogen-bond donors (Lipinski definition) is 2. The minimum absolute atomic E-state index is 0.137. The molecule has 0 aliphatic rings. The highest BCUT2D eigenvalue weighted by molar-refractivity contribution is 5.55. The molecule has 0 atom stereocenters. The zero-order valence-corrected chi connectivity index (χ0v) is 11.6. The highest BCUT2D eigenvalue weighted by Gasteiger charge is 2.10. The van der Waals surface area contributed by atoms with Gasteiger partial charge in [-0.1, -0.05) is 18.9 Å². The zero-order chi connectivity index (χ0) is 14.5. The van der Waals surface area contributed by atoms with E-state index in [4.69, 9.17) is 9.15 Å². The van der Waals surface area contributed by atoms with E-state index in [0.29, 0.717) is 24.2 Å². The van der Waals surface area contributed by atoms with Crippen LogP contribution in [0.15, 0.2) is 22.6 Å². The van der Waals surface area contributed by atoms with Crippen molar-refractivity contribution < 1.29 is 13.5 Å². The van der Waals surface area contributed by atoms with Gasteiger partial charge in [0.1, 0.15) is 11.6 Å². The van der Waals surface area contributed by atoms with Crippen LogP contribution in [0.5, 0.6) is 5.75 Å². The molecule has 2 N–H and O–H groups in total. The van der Waals surface area contributed by atoms with Crippen LogP contribution in [0.25, 0.3) is 0 Å². The second kappa shape index (κ2) is 6.33. The summed E-state index contributed by atoms with van der Waals surface area (Å²) >= 11 is 0. The highest BCUT2D eigenvalue weighted by Crippen LogP contribution is 2.24. The van der Waals surface area contributed by atoms with Gasteiger partial charge < -0.3 is 19.8 Å². The van der Waals surface area contributed by atoms with Crippen molar-refractivity contribution in [2.45, 2.75) is 26.4 Å². The summed E-state index contributed by atoms with van der Waals surface area (Å²) in [6.45, 7) is 4.50. The molecule has 2 rings (SSSR count). The normalized spacial score (nSPS) is 10.8. The Morgan fingerprint density at radius 1 is 1.35 bits per heavy atom. The van der Waals surface area contributed by atoms with Crippen LogP contribution in [-0.4, -0.2) is 23.3 Å². The standard InChI is InChI=1S/C13H17FN4O2/c1-8(2)15-7-12-17-18-13(20-12)16-11-6-9(19-3)4-5-10(11)14/h4-6,8,15H,7H2,1-3H3,(H,16,18). The third-order valence-corrected chi connectivity index (χ3v) is 2.54. The van der Waals surface area contributed by atoms with E-state index < -0.39 is 5.82 Å². The molecule has 0 fully saturated rings. The summed E-state index contributed by atoms with van der Waals surface area (Å²) in [6.07, 6.45) is 0. The van der Waals surface area contributed by atoms with Gasteiger partial charge in [0.05, 0.1) is 19.3 Å². The number of ether oxygens (including phenoxy) is 1. The van der Waals surface area contributed by atoms with Gasteiger partial charge in [-0.3, -0.25) is 0 Å². The molecule has 0 radical (unpaired) electrons. The molecule has 1 aromatic heterocycles. The van der Waals surface area contributed by atoms with Crippen LogP contribution < -0.4 is 15.4 Å². The third kappa shape index (κ3) is 3.67. The maximum Gasteiger partial charge on any atom is 0.320 e. The third-order valence-electron chi connectivity index (χ3n) is 2.54. The molecule has 1 aromatic carbocycles. The number of nitrogens with zero attached hydrogens (tertiary/aromatic N) is 2. The molecule has 20 heavy (non-hydrogen) atoms. The fourth-order valence-corrected chi connectivity index (χ4v) is 1.51. The van der Waals surface area contributed by atoms with Gasteiger partial charge in [0.2, 0.25) is 5.89 Å². The average Bonchev–Trinajstić information content (AvgIpc) is 2.86. The van der Waals surface area contributed by atoms with E-state index in [1.54, 1.807) is 0 Å². The molecule has 7 heteroatoms. The Bertz CT molecular complexity index is 571. The monoisotopic (exact) mass is 280 g/mol. The van der Waals surface area contributed by atoms with Crippen molar-refractivity contribution >= 4 is 11.7 Å². The van der Waals surface area contributed by atoms with E-state index in [1.807, 2.05) is 13.8 Å². The van der Waals surface area contributed by atoms with Crippen LogP contribution in [-0.2, 0) is 6.54 Å². The minimum Gasteiger partial charge on any atom is -0.497 e. The minimum atomic E-state index is -0.425. The molecule has 2 aromatic rings. The van der Waals surface area contributed by atoms with Gasteiger partial charge in [0.25, 0.3) is 0 Å². The molecule has 0 saturated heterocycles. The molecule has 1 heterocycles. The van der Waals surface area contributed by atoms with Crippen LogP contribution in [0, 0.1) is 5.82 Å². The Hall–Kier alpha value is -2.15. The van der Waals surface area contributed by atoms with Gasteiger partial charge in [-0.2, -0.15) is 0 Å². The van der Waals surface area contributed by atoms with Gasteiger partial charge in [-0.05, 0) is 12.1 Å². The van der Waals surface area contributed by atoms with Crippen molar-refractivity contribution in [1.82, 2.24) is 15.5 Å². The second-order valence-electron chi connectivity index (χ2n) is 4.51. The zero-order valence-electron chi connectivity index (χ0n) is 11.6. The van der Waals surface area contributed by atoms with Crippen molar-refractivity contribution in [1.29, 1.82) is 0 Å². The van der Waals surface area contributed by atoms with E-state index in [2.05, 4.69) is 20.8 Å². The highest BCUT2D eigenvalue weighted by atomic mass is 19.1. The average molecular weight is 280 g/mol. The van der Waals surface area contributed by atoms with Crippen molar-refractivity contribution in [3.8, 4) is 5.75 Å². The molecular weight excluding hydrogens is 263 g/mol. The molecule has 108 valence electrons. The van der Waals surface area contributed by atoms with Gasteiger partial charge in [-0.25, -0.2) is 4.39 Å². The Kier molecular flexibility index (Phi) is 4.52. The maximum atomic E-state index is 13.6. The Morgan fingerprint density at radius 3 is 2.85 bits per heavy atom. The lowest BCUT2D eigenvalue weighted by molar-refractivity contribution is 0.414. The quantitative estimate of drug-likeness (QED) is 0.847. The SMILES string of the molecule is COc1ccc(F)c(Nc2nnc(CNC(C)C)o2)c1. The maximum absolute atomic E-state index is 13.6. The number of rotatable bonds is 6. The summed E-state index contributed by atoms with van der Waals surface area (Å²) < 4.78 is 24.0. The molecule has 0 amide bonds. The number of methoxy groups -OCH3 is 1.